The molecule has 1 amide bonds. The molecule has 9 nitrogen and oxygen atoms in total. The van der Waals surface area contributed by atoms with Crippen molar-refractivity contribution in [2.24, 2.45) is 7.05 Å². The molecule has 0 saturated carbocycles. The molecule has 10 heteroatoms. The number of hydrogen-bond donors (Lipinski definition) is 1. The number of carbonyl (C=O) groups excluding carboxylic acids is 1. The van der Waals surface area contributed by atoms with E-state index in [9.17, 15) is 13.2 Å². The highest BCUT2D eigenvalue weighted by molar-refractivity contribution is 7.89. The quantitative estimate of drug-likeness (QED) is 0.500. The summed E-state index contributed by atoms with van der Waals surface area (Å²) in [7, 11) is -1.68. The second-order valence-corrected chi connectivity index (χ2v) is 9.73. The molecule has 1 aromatic carbocycles. The lowest BCUT2D eigenvalue weighted by Crippen LogP contribution is -2.30. The Morgan fingerprint density at radius 1 is 1.19 bits per heavy atom. The first-order valence-corrected chi connectivity index (χ1v) is 12.5. The van der Waals surface area contributed by atoms with E-state index in [-0.39, 0.29) is 23.3 Å². The highest BCUT2D eigenvalue weighted by atomic mass is 32.2. The van der Waals surface area contributed by atoms with Crippen LogP contribution in [0.25, 0.3) is 11.0 Å². The van der Waals surface area contributed by atoms with Crippen molar-refractivity contribution in [1.29, 1.82) is 0 Å². The normalized spacial score (nSPS) is 13.1. The van der Waals surface area contributed by atoms with Gasteiger partial charge in [-0.3, -0.25) is 4.79 Å². The molecule has 0 spiro atoms. The lowest BCUT2D eigenvalue weighted by molar-refractivity contribution is -0.116. The van der Waals surface area contributed by atoms with Crippen molar-refractivity contribution >= 4 is 32.8 Å². The fourth-order valence-electron chi connectivity index (χ4n) is 3.69. The molecule has 0 aliphatic rings. The summed E-state index contributed by atoms with van der Waals surface area (Å²) >= 11 is 0. The van der Waals surface area contributed by atoms with Gasteiger partial charge in [-0.15, -0.1) is 0 Å². The molecule has 32 heavy (non-hydrogen) atoms. The third kappa shape index (κ3) is 4.71. The Kier molecular flexibility index (Phi) is 7.35. The van der Waals surface area contributed by atoms with Crippen LogP contribution in [0.3, 0.4) is 0 Å². The molecule has 1 atom stereocenters. The van der Waals surface area contributed by atoms with Crippen LogP contribution in [-0.2, 0) is 28.3 Å². The molecule has 0 aliphatic carbocycles. The summed E-state index contributed by atoms with van der Waals surface area (Å²) in [6.07, 6.45) is 3.29. The number of imidazole rings is 1. The largest absolute Gasteiger partial charge is 0.331 e. The lowest BCUT2D eigenvalue weighted by atomic mass is 10.2. The first-order chi connectivity index (χ1) is 15.2. The fourth-order valence-corrected chi connectivity index (χ4v) is 5.17. The van der Waals surface area contributed by atoms with Gasteiger partial charge in [0.05, 0.1) is 28.2 Å². The Morgan fingerprint density at radius 2 is 1.91 bits per heavy atom. The number of amides is 1. The van der Waals surface area contributed by atoms with Crippen molar-refractivity contribution in [1.82, 2.24) is 23.6 Å². The summed E-state index contributed by atoms with van der Waals surface area (Å²) in [5.41, 5.74) is 1.43. The van der Waals surface area contributed by atoms with Gasteiger partial charge in [-0.1, -0.05) is 20.8 Å². The van der Waals surface area contributed by atoms with E-state index in [4.69, 9.17) is 0 Å². The van der Waals surface area contributed by atoms with E-state index in [0.29, 0.717) is 30.8 Å². The number of rotatable bonds is 10. The summed E-state index contributed by atoms with van der Waals surface area (Å²) in [6.45, 7) is 8.59. The first kappa shape index (κ1) is 23.9. The van der Waals surface area contributed by atoms with Crippen LogP contribution in [0.15, 0.2) is 35.4 Å². The van der Waals surface area contributed by atoms with E-state index in [2.05, 4.69) is 29.2 Å². The van der Waals surface area contributed by atoms with Crippen LogP contribution in [0.4, 0.5) is 5.82 Å². The van der Waals surface area contributed by atoms with Crippen LogP contribution in [-0.4, -0.2) is 51.1 Å². The van der Waals surface area contributed by atoms with Gasteiger partial charge in [0.1, 0.15) is 11.6 Å². The molecule has 2 heterocycles. The second kappa shape index (κ2) is 9.83. The third-order valence-corrected chi connectivity index (χ3v) is 7.86. The van der Waals surface area contributed by atoms with Crippen LogP contribution >= 0.6 is 0 Å². The van der Waals surface area contributed by atoms with E-state index in [1.807, 2.05) is 30.1 Å². The molecule has 0 radical (unpaired) electrons. The molecule has 1 unspecified atom stereocenters. The van der Waals surface area contributed by atoms with E-state index in [1.165, 1.54) is 4.31 Å². The van der Waals surface area contributed by atoms with Gasteiger partial charge >= 0.3 is 0 Å². The predicted octanol–water partition coefficient (Wildman–Crippen LogP) is 3.34. The number of fused-ring (bicyclic) bond motifs is 1. The maximum absolute atomic E-state index is 12.8. The standard InChI is InChI=1S/C22H32N6O3S/c1-6-16(4)28-21(13-14-23-28)25-22(29)12-11-20-24-18-15-17(9-10-19(18)26(20)5)32(30,31)27(7-2)8-3/h9-10,13-16H,6-8,11-12H2,1-5H3,(H,25,29). The monoisotopic (exact) mass is 460 g/mol. The lowest BCUT2D eigenvalue weighted by Gasteiger charge is -2.18. The van der Waals surface area contributed by atoms with E-state index < -0.39 is 10.0 Å². The molecule has 0 fully saturated rings. The smallest absolute Gasteiger partial charge is 0.243 e. The number of sulfonamides is 1. The molecular formula is C22H32N6O3S. The van der Waals surface area contributed by atoms with Crippen LogP contribution in [0, 0.1) is 0 Å². The molecule has 0 saturated heterocycles. The highest BCUT2D eigenvalue weighted by Gasteiger charge is 2.23. The molecule has 0 aliphatic heterocycles. The Labute approximate surface area is 189 Å². The number of anilines is 1. The molecule has 174 valence electrons. The molecule has 2 aromatic heterocycles. The van der Waals surface area contributed by atoms with Gasteiger partial charge < -0.3 is 9.88 Å². The minimum Gasteiger partial charge on any atom is -0.331 e. The minimum absolute atomic E-state index is 0.119. The van der Waals surface area contributed by atoms with Crippen LogP contribution < -0.4 is 5.32 Å². The molecule has 3 aromatic rings. The Hall–Kier alpha value is -2.72. The number of aromatic nitrogens is 4. The van der Waals surface area contributed by atoms with Crippen molar-refractivity contribution in [2.75, 3.05) is 18.4 Å². The van der Waals surface area contributed by atoms with Gasteiger partial charge in [0.15, 0.2) is 0 Å². The average Bonchev–Trinajstić information content (AvgIpc) is 3.36. The first-order valence-electron chi connectivity index (χ1n) is 11.0. The number of aryl methyl sites for hydroxylation is 2. The average molecular weight is 461 g/mol. The molecule has 0 bridgehead atoms. The van der Waals surface area contributed by atoms with Crippen molar-refractivity contribution in [3.63, 3.8) is 0 Å². The Morgan fingerprint density at radius 3 is 2.56 bits per heavy atom. The van der Waals surface area contributed by atoms with E-state index in [1.54, 1.807) is 30.5 Å². The summed E-state index contributed by atoms with van der Waals surface area (Å²) in [5, 5.41) is 7.21. The molecular weight excluding hydrogens is 428 g/mol. The van der Waals surface area contributed by atoms with Crippen LogP contribution in [0.5, 0.6) is 0 Å². The van der Waals surface area contributed by atoms with Gasteiger partial charge in [-0.05, 0) is 31.5 Å². The SMILES string of the molecule is CCC(C)n1nccc1NC(=O)CCc1nc2cc(S(=O)(=O)N(CC)CC)ccc2n1C. The maximum Gasteiger partial charge on any atom is 0.243 e. The second-order valence-electron chi connectivity index (χ2n) is 7.79. The maximum atomic E-state index is 12.8. The highest BCUT2D eigenvalue weighted by Crippen LogP contribution is 2.23. The summed E-state index contributed by atoms with van der Waals surface area (Å²) < 4.78 is 30.8. The number of benzene rings is 1. The van der Waals surface area contributed by atoms with Crippen molar-refractivity contribution < 1.29 is 13.2 Å². The van der Waals surface area contributed by atoms with Crippen molar-refractivity contribution in [2.45, 2.75) is 57.9 Å². The summed E-state index contributed by atoms with van der Waals surface area (Å²) in [5.74, 6) is 1.29. The number of hydrogen-bond acceptors (Lipinski definition) is 5. The zero-order chi connectivity index (χ0) is 23.5. The Bertz CT molecular complexity index is 1190. The van der Waals surface area contributed by atoms with E-state index >= 15 is 0 Å². The topological polar surface area (TPSA) is 102 Å². The number of carbonyl (C=O) groups is 1. The van der Waals surface area contributed by atoms with E-state index in [0.717, 1.165) is 17.8 Å². The fraction of sp³-hybridized carbons (Fsp3) is 0.500. The molecule has 1 N–H and O–H groups in total. The van der Waals surface area contributed by atoms with Crippen molar-refractivity contribution in [3.05, 3.63) is 36.3 Å². The third-order valence-electron chi connectivity index (χ3n) is 5.81. The van der Waals surface area contributed by atoms with Gasteiger partial charge in [0, 0.05) is 39.0 Å². The minimum atomic E-state index is -3.55. The number of nitrogens with one attached hydrogen (secondary N) is 1. The van der Waals surface area contributed by atoms with Gasteiger partial charge in [-0.25, -0.2) is 18.1 Å². The summed E-state index contributed by atoms with van der Waals surface area (Å²) in [4.78, 5) is 17.4. The van der Waals surface area contributed by atoms with Gasteiger partial charge in [-0.2, -0.15) is 9.40 Å². The molecule has 3 rings (SSSR count). The Balaban J connectivity index is 1.75. The van der Waals surface area contributed by atoms with Gasteiger partial charge in [0.25, 0.3) is 0 Å². The van der Waals surface area contributed by atoms with Crippen LogP contribution in [0.2, 0.25) is 0 Å². The number of nitrogens with zero attached hydrogens (tertiary/aromatic N) is 5. The summed E-state index contributed by atoms with van der Waals surface area (Å²) in [6, 6.07) is 6.98. The van der Waals surface area contributed by atoms with Gasteiger partial charge in [0.2, 0.25) is 15.9 Å². The van der Waals surface area contributed by atoms with Crippen LogP contribution in [0.1, 0.15) is 52.4 Å². The zero-order valence-electron chi connectivity index (χ0n) is 19.4. The van der Waals surface area contributed by atoms with Crippen molar-refractivity contribution in [3.8, 4) is 0 Å². The predicted molar refractivity (Wildman–Crippen MR) is 125 cm³/mol. The zero-order valence-corrected chi connectivity index (χ0v) is 20.2.